The first-order valence-corrected chi connectivity index (χ1v) is 19.4. The van der Waals surface area contributed by atoms with Crippen LogP contribution in [-0.2, 0) is 19.2 Å². The fraction of sp³-hybridized carbons (Fsp3) is 0.429. The minimum atomic E-state index is -0.138. The second-order valence-corrected chi connectivity index (χ2v) is 13.8. The number of carbonyl (C=O) groups excluding carboxylic acids is 4. The number of amides is 3. The van der Waals surface area contributed by atoms with Crippen LogP contribution in [0.25, 0.3) is 11.4 Å². The van der Waals surface area contributed by atoms with Gasteiger partial charge in [-0.25, -0.2) is 4.68 Å². The molecule has 0 bridgehead atoms. The normalized spacial score (nSPS) is 18.0. The molecule has 0 spiro atoms. The molecule has 2 aliphatic heterocycles. The Kier molecular flexibility index (Phi) is 23.1. The molecular weight excluding hydrogens is 750 g/mol. The minimum Gasteiger partial charge on any atom is -0.551 e. The van der Waals surface area contributed by atoms with Gasteiger partial charge in [0.05, 0.1) is 24.6 Å². The number of benzene rings is 2. The number of carbonyl (C=O) groups is 4. The summed E-state index contributed by atoms with van der Waals surface area (Å²) >= 11 is 0. The van der Waals surface area contributed by atoms with E-state index >= 15 is 0 Å². The van der Waals surface area contributed by atoms with Crippen molar-refractivity contribution in [3.05, 3.63) is 91.4 Å². The van der Waals surface area contributed by atoms with Gasteiger partial charge >= 0.3 is 29.6 Å². The van der Waals surface area contributed by atoms with Crippen molar-refractivity contribution in [3.8, 4) is 11.5 Å². The number of hydrogen-bond acceptors (Lipinski definition) is 12. The molecule has 6 rings (SSSR count). The summed E-state index contributed by atoms with van der Waals surface area (Å²) in [6.45, 7) is 11.5. The average molecular weight is 809 g/mol. The molecule has 15 nitrogen and oxygen atoms in total. The van der Waals surface area contributed by atoms with Crippen LogP contribution in [0.1, 0.15) is 77.2 Å². The van der Waals surface area contributed by atoms with E-state index in [1.54, 1.807) is 47.6 Å². The minimum absolute atomic E-state index is 0. The molecule has 0 unspecified atom stereocenters. The molecule has 1 saturated carbocycles. The van der Waals surface area contributed by atoms with E-state index in [-0.39, 0.29) is 58.8 Å². The maximum atomic E-state index is 13.0. The summed E-state index contributed by atoms with van der Waals surface area (Å²) < 4.78 is 11.5. The molecule has 310 valence electrons. The first-order chi connectivity index (χ1) is 27.5. The molecule has 3 amide bonds. The Hall–Kier alpha value is -4.67. The molecule has 2 aromatic carbocycles. The van der Waals surface area contributed by atoms with Gasteiger partial charge in [-0.15, -0.1) is 12.1 Å². The number of nitrogens with zero attached hydrogens (tertiary/aromatic N) is 4. The van der Waals surface area contributed by atoms with Crippen molar-refractivity contribution in [3.63, 3.8) is 0 Å². The summed E-state index contributed by atoms with van der Waals surface area (Å²) in [5.74, 6) is 1.62. The standard InChI is InChI=1S/C25H33N7O3.C8H8O.C5H7NO2.C4H11N.Na/c1-17-6-8-18(9-7-17)30-10-11-31(24(34)15-30)19-13-29-32(14-19)22(25(27)28)12-21(26)20-4-2-3-5-23(20)35-16-33;1-2-9-8-6-4-3-5-7-8;7-4-2-1-3-5(8)6-4;1-2-3-4-5;/h2-5,12-14,16-18H,6-11,15,26-28H2,1H3;3-6H,1-2H2;1-3H2,(H,6,7,8);2-5H2,1H3;/q;-2;;;+1/b21-12-;;;;. The first kappa shape index (κ1) is 49.5. The summed E-state index contributed by atoms with van der Waals surface area (Å²) in [5, 5.41) is 6.58. The number of hydrogen-bond donors (Lipinski definition) is 5. The predicted molar refractivity (Wildman–Crippen MR) is 222 cm³/mol. The Labute approximate surface area is 364 Å². The van der Waals surface area contributed by atoms with Crippen LogP contribution in [0.2, 0.25) is 0 Å². The van der Waals surface area contributed by atoms with Crippen molar-refractivity contribution in [1.29, 1.82) is 0 Å². The van der Waals surface area contributed by atoms with Crippen LogP contribution in [0.4, 0.5) is 5.69 Å². The summed E-state index contributed by atoms with van der Waals surface area (Å²) in [4.78, 5) is 48.6. The molecule has 0 atom stereocenters. The topological polar surface area (TPSA) is 227 Å². The fourth-order valence-electron chi connectivity index (χ4n) is 6.31. The van der Waals surface area contributed by atoms with E-state index < -0.39 is 0 Å². The number of para-hydroxylation sites is 2. The van der Waals surface area contributed by atoms with Gasteiger partial charge in [-0.2, -0.15) is 23.3 Å². The Bertz CT molecular complexity index is 1760. The molecule has 0 radical (unpaired) electrons. The fourth-order valence-corrected chi connectivity index (χ4v) is 6.31. The van der Waals surface area contributed by atoms with Crippen LogP contribution in [0.5, 0.6) is 11.5 Å². The monoisotopic (exact) mass is 808 g/mol. The van der Waals surface area contributed by atoms with E-state index in [0.29, 0.717) is 74.2 Å². The Morgan fingerprint density at radius 3 is 2.24 bits per heavy atom. The summed E-state index contributed by atoms with van der Waals surface area (Å²) in [6, 6.07) is 17.7. The van der Waals surface area contributed by atoms with Crippen LogP contribution in [0, 0.1) is 18.9 Å². The van der Waals surface area contributed by atoms with E-state index in [0.717, 1.165) is 37.6 Å². The van der Waals surface area contributed by atoms with E-state index in [2.05, 4.69) is 42.2 Å². The van der Waals surface area contributed by atoms with Gasteiger partial charge in [0.1, 0.15) is 17.3 Å². The molecule has 2 saturated heterocycles. The van der Waals surface area contributed by atoms with Gasteiger partial charge in [-0.05, 0) is 75.8 Å². The number of piperazine rings is 1. The van der Waals surface area contributed by atoms with E-state index in [1.165, 1.54) is 30.4 Å². The molecule has 58 heavy (non-hydrogen) atoms. The van der Waals surface area contributed by atoms with Gasteiger partial charge in [0.15, 0.2) is 0 Å². The van der Waals surface area contributed by atoms with Gasteiger partial charge in [0.2, 0.25) is 17.7 Å². The summed E-state index contributed by atoms with van der Waals surface area (Å²) in [7, 11) is 0. The quantitative estimate of drug-likeness (QED) is 0.0600. The number of imide groups is 1. The zero-order chi connectivity index (χ0) is 41.6. The third kappa shape index (κ3) is 16.7. The maximum absolute atomic E-state index is 13.0. The number of piperidine rings is 1. The average Bonchev–Trinajstić information content (AvgIpc) is 3.68. The van der Waals surface area contributed by atoms with Crippen molar-refractivity contribution in [1.82, 2.24) is 20.0 Å². The Morgan fingerprint density at radius 1 is 1.02 bits per heavy atom. The molecule has 3 aromatic rings. The van der Waals surface area contributed by atoms with Crippen LogP contribution in [-0.4, -0.2) is 77.7 Å². The number of nitrogens with two attached hydrogens (primary N) is 4. The second-order valence-electron chi connectivity index (χ2n) is 13.8. The van der Waals surface area contributed by atoms with Crippen molar-refractivity contribution < 1.29 is 58.2 Å². The Morgan fingerprint density at radius 2 is 1.71 bits per heavy atom. The van der Waals surface area contributed by atoms with Crippen LogP contribution in [0.3, 0.4) is 0 Å². The zero-order valence-electron chi connectivity index (χ0n) is 34.2. The first-order valence-electron chi connectivity index (χ1n) is 19.4. The third-order valence-corrected chi connectivity index (χ3v) is 9.42. The predicted octanol–water partition coefficient (Wildman–Crippen LogP) is 0.951. The smallest absolute Gasteiger partial charge is 0.551 e. The molecule has 3 heterocycles. The number of allylic oxidation sites excluding steroid dienone is 2. The largest absolute Gasteiger partial charge is 1.00 e. The Balaban J connectivity index is 0.000000407. The van der Waals surface area contributed by atoms with Crippen LogP contribution < -0.4 is 72.2 Å². The van der Waals surface area contributed by atoms with Crippen molar-refractivity contribution in [2.45, 2.75) is 77.7 Å². The SMILES string of the molecule is CC1CCC(N2CCN(c3cnn(C(/C=C(\N)c4ccccc4OC=O)=C(N)N)c3)C(=O)C2)CC1.CCCCN.O=C1CCCC(=O)N1.[CH2-]COc1[c-]cccc1.[Na+]. The molecular formula is C42H59N9NaO6-. The number of unbranched alkanes of at least 4 members (excludes halogenated alkanes) is 1. The number of aromatic nitrogens is 2. The number of nitrogens with one attached hydrogen (secondary N) is 1. The van der Waals surface area contributed by atoms with E-state index in [9.17, 15) is 19.2 Å². The number of rotatable bonds is 11. The summed E-state index contributed by atoms with van der Waals surface area (Å²) in [5.41, 5.74) is 25.1. The maximum Gasteiger partial charge on any atom is 1.00 e. The van der Waals surface area contributed by atoms with E-state index in [4.69, 9.17) is 32.4 Å². The van der Waals surface area contributed by atoms with Gasteiger partial charge in [0, 0.05) is 49.0 Å². The molecule has 1 aliphatic carbocycles. The molecule has 3 aliphatic rings. The van der Waals surface area contributed by atoms with E-state index in [1.807, 2.05) is 24.3 Å². The second kappa shape index (κ2) is 27.1. The van der Waals surface area contributed by atoms with Crippen molar-refractivity contribution >= 4 is 41.3 Å². The van der Waals surface area contributed by atoms with Crippen LogP contribution >= 0.6 is 0 Å². The molecule has 3 fully saturated rings. The third-order valence-electron chi connectivity index (χ3n) is 9.42. The molecule has 1 aromatic heterocycles. The molecule has 9 N–H and O–H groups in total. The number of anilines is 1. The van der Waals surface area contributed by atoms with Gasteiger partial charge in [-0.3, -0.25) is 29.4 Å². The van der Waals surface area contributed by atoms with Crippen LogP contribution in [0.15, 0.2) is 72.8 Å². The molecule has 16 heteroatoms. The van der Waals surface area contributed by atoms with Gasteiger partial charge in [0.25, 0.3) is 6.47 Å². The van der Waals surface area contributed by atoms with Gasteiger partial charge in [-0.1, -0.05) is 32.4 Å². The zero-order valence-corrected chi connectivity index (χ0v) is 36.2. The van der Waals surface area contributed by atoms with Crippen molar-refractivity contribution in [2.75, 3.05) is 37.7 Å². The van der Waals surface area contributed by atoms with Gasteiger partial charge < -0.3 is 44.2 Å². The summed E-state index contributed by atoms with van der Waals surface area (Å²) in [6.07, 6.45) is 13.8. The van der Waals surface area contributed by atoms with Crippen molar-refractivity contribution in [2.24, 2.45) is 28.9 Å². The number of ether oxygens (including phenoxy) is 2.